The van der Waals surface area contributed by atoms with Gasteiger partial charge in [0.2, 0.25) is 0 Å². The van der Waals surface area contributed by atoms with Crippen molar-refractivity contribution in [2.24, 2.45) is 0 Å². The summed E-state index contributed by atoms with van der Waals surface area (Å²) in [5.41, 5.74) is 0.634. The highest BCUT2D eigenvalue weighted by Gasteiger charge is 2.10. The quantitative estimate of drug-likeness (QED) is 0.854. The van der Waals surface area contributed by atoms with E-state index in [1.165, 1.54) is 4.90 Å². The van der Waals surface area contributed by atoms with Crippen LogP contribution >= 0.6 is 11.6 Å². The predicted octanol–water partition coefficient (Wildman–Crippen LogP) is 2.18. The van der Waals surface area contributed by atoms with E-state index in [-0.39, 0.29) is 12.6 Å². The zero-order valence-corrected chi connectivity index (χ0v) is 10.0. The van der Waals surface area contributed by atoms with Crippen molar-refractivity contribution < 1.29 is 9.90 Å². The van der Waals surface area contributed by atoms with E-state index in [4.69, 9.17) is 16.7 Å². The molecular formula is C11H15ClN2O2. The molecule has 0 fully saturated rings. The summed E-state index contributed by atoms with van der Waals surface area (Å²) in [6, 6.07) is 6.63. The highest BCUT2D eigenvalue weighted by molar-refractivity contribution is 6.30. The average molecular weight is 243 g/mol. The van der Waals surface area contributed by atoms with E-state index in [0.717, 1.165) is 0 Å². The molecule has 2 amide bonds. The van der Waals surface area contributed by atoms with Crippen LogP contribution < -0.4 is 5.32 Å². The number of nitrogens with one attached hydrogen (secondary N) is 1. The zero-order chi connectivity index (χ0) is 12.1. The fourth-order valence-corrected chi connectivity index (χ4v) is 1.45. The van der Waals surface area contributed by atoms with Gasteiger partial charge in [-0.1, -0.05) is 17.7 Å². The van der Waals surface area contributed by atoms with E-state index in [0.29, 0.717) is 10.7 Å². The van der Waals surface area contributed by atoms with Gasteiger partial charge in [0.1, 0.15) is 0 Å². The normalized spacial score (nSPS) is 12.0. The fraction of sp³-hybridized carbons (Fsp3) is 0.364. The minimum absolute atomic E-state index is 0.275. The Bertz CT molecular complexity index is 369. The van der Waals surface area contributed by atoms with Crippen LogP contribution in [-0.2, 0) is 0 Å². The topological polar surface area (TPSA) is 52.6 Å². The standard InChI is InChI=1S/C11H15ClN2O2/c1-8(15)7-14(2)11(16)13-10-5-3-4-9(12)6-10/h3-6,8,15H,7H2,1-2H3,(H,13,16)/t8-/m0/s1. The maximum Gasteiger partial charge on any atom is 0.321 e. The predicted molar refractivity (Wildman–Crippen MR) is 64.8 cm³/mol. The molecule has 1 atom stereocenters. The van der Waals surface area contributed by atoms with Crippen molar-refractivity contribution in [3.8, 4) is 0 Å². The van der Waals surface area contributed by atoms with Crippen LogP contribution in [0.4, 0.5) is 10.5 Å². The lowest BCUT2D eigenvalue weighted by atomic mass is 10.3. The number of hydrogen-bond donors (Lipinski definition) is 2. The van der Waals surface area contributed by atoms with Gasteiger partial charge in [-0.3, -0.25) is 0 Å². The molecule has 16 heavy (non-hydrogen) atoms. The first-order chi connectivity index (χ1) is 7.49. The molecule has 2 N–H and O–H groups in total. The highest BCUT2D eigenvalue weighted by atomic mass is 35.5. The number of hydrogen-bond acceptors (Lipinski definition) is 2. The van der Waals surface area contributed by atoms with Crippen LogP contribution in [0.2, 0.25) is 5.02 Å². The number of anilines is 1. The van der Waals surface area contributed by atoms with E-state index in [1.807, 2.05) is 0 Å². The Kier molecular flexibility index (Phi) is 4.58. The van der Waals surface area contributed by atoms with Crippen molar-refractivity contribution in [2.75, 3.05) is 18.9 Å². The van der Waals surface area contributed by atoms with Crippen molar-refractivity contribution in [1.29, 1.82) is 0 Å². The number of amides is 2. The largest absolute Gasteiger partial charge is 0.392 e. The summed E-state index contributed by atoms with van der Waals surface area (Å²) < 4.78 is 0. The van der Waals surface area contributed by atoms with Gasteiger partial charge in [-0.15, -0.1) is 0 Å². The SMILES string of the molecule is C[C@H](O)CN(C)C(=O)Nc1cccc(Cl)c1. The van der Waals surface area contributed by atoms with Crippen molar-refractivity contribution in [2.45, 2.75) is 13.0 Å². The molecule has 88 valence electrons. The first-order valence-corrected chi connectivity index (χ1v) is 5.32. The Morgan fingerprint density at radius 3 is 2.88 bits per heavy atom. The Labute approximate surface area is 99.8 Å². The molecule has 1 aromatic rings. The molecule has 0 aliphatic carbocycles. The van der Waals surface area contributed by atoms with Crippen LogP contribution in [0.15, 0.2) is 24.3 Å². The summed E-state index contributed by atoms with van der Waals surface area (Å²) in [6.07, 6.45) is -0.546. The number of carbonyl (C=O) groups excluding carboxylic acids is 1. The minimum atomic E-state index is -0.546. The first-order valence-electron chi connectivity index (χ1n) is 4.95. The Morgan fingerprint density at radius 2 is 2.31 bits per heavy atom. The van der Waals surface area contributed by atoms with Crippen molar-refractivity contribution >= 4 is 23.3 Å². The van der Waals surface area contributed by atoms with Gasteiger partial charge in [0, 0.05) is 24.3 Å². The second kappa shape index (κ2) is 5.72. The summed E-state index contributed by atoms with van der Waals surface area (Å²) in [6.45, 7) is 1.91. The number of carbonyl (C=O) groups is 1. The van der Waals surface area contributed by atoms with Crippen LogP contribution in [0.5, 0.6) is 0 Å². The number of nitrogens with zero attached hydrogens (tertiary/aromatic N) is 1. The second-order valence-corrected chi connectivity index (χ2v) is 4.11. The number of benzene rings is 1. The third-order valence-corrected chi connectivity index (χ3v) is 2.20. The molecule has 0 spiro atoms. The molecule has 0 saturated carbocycles. The molecule has 0 bridgehead atoms. The second-order valence-electron chi connectivity index (χ2n) is 3.67. The van der Waals surface area contributed by atoms with Gasteiger partial charge in [-0.2, -0.15) is 0 Å². The number of urea groups is 1. The number of aliphatic hydroxyl groups excluding tert-OH is 1. The summed E-state index contributed by atoms with van der Waals surface area (Å²) in [4.78, 5) is 13.0. The van der Waals surface area contributed by atoms with Crippen LogP contribution in [-0.4, -0.2) is 35.7 Å². The average Bonchev–Trinajstić information content (AvgIpc) is 2.16. The Balaban J connectivity index is 2.57. The van der Waals surface area contributed by atoms with Gasteiger partial charge in [0.25, 0.3) is 0 Å². The molecule has 0 aromatic heterocycles. The molecule has 1 rings (SSSR count). The summed E-state index contributed by atoms with van der Waals surface area (Å²) in [5.74, 6) is 0. The van der Waals surface area contributed by atoms with E-state index >= 15 is 0 Å². The lowest BCUT2D eigenvalue weighted by molar-refractivity contribution is 0.149. The summed E-state index contributed by atoms with van der Waals surface area (Å²) in [5, 5.41) is 12.4. The van der Waals surface area contributed by atoms with Gasteiger partial charge in [0.15, 0.2) is 0 Å². The molecule has 0 unspecified atom stereocenters. The zero-order valence-electron chi connectivity index (χ0n) is 9.27. The van der Waals surface area contributed by atoms with Crippen LogP contribution in [0.1, 0.15) is 6.92 Å². The molecule has 4 nitrogen and oxygen atoms in total. The van der Waals surface area contributed by atoms with Gasteiger partial charge in [0.05, 0.1) is 6.10 Å². The number of likely N-dealkylation sites (N-methyl/N-ethyl adjacent to an activating group) is 1. The molecule has 0 radical (unpaired) electrons. The summed E-state index contributed by atoms with van der Waals surface area (Å²) in [7, 11) is 1.62. The van der Waals surface area contributed by atoms with Crippen LogP contribution in [0, 0.1) is 0 Å². The monoisotopic (exact) mass is 242 g/mol. The third-order valence-electron chi connectivity index (χ3n) is 1.96. The summed E-state index contributed by atoms with van der Waals surface area (Å²) >= 11 is 5.79. The van der Waals surface area contributed by atoms with E-state index in [2.05, 4.69) is 5.32 Å². The number of halogens is 1. The number of aliphatic hydroxyl groups is 1. The van der Waals surface area contributed by atoms with Crippen LogP contribution in [0.25, 0.3) is 0 Å². The molecule has 0 aliphatic heterocycles. The first kappa shape index (κ1) is 12.8. The van der Waals surface area contributed by atoms with E-state index in [9.17, 15) is 4.79 Å². The van der Waals surface area contributed by atoms with Crippen LogP contribution in [0.3, 0.4) is 0 Å². The maximum absolute atomic E-state index is 11.6. The van der Waals surface area contributed by atoms with Crippen molar-refractivity contribution in [3.63, 3.8) is 0 Å². The lowest BCUT2D eigenvalue weighted by Gasteiger charge is -2.19. The van der Waals surface area contributed by atoms with Gasteiger partial charge < -0.3 is 15.3 Å². The maximum atomic E-state index is 11.6. The smallest absolute Gasteiger partial charge is 0.321 e. The Morgan fingerprint density at radius 1 is 1.62 bits per heavy atom. The highest BCUT2D eigenvalue weighted by Crippen LogP contribution is 2.15. The van der Waals surface area contributed by atoms with Gasteiger partial charge in [-0.25, -0.2) is 4.79 Å². The van der Waals surface area contributed by atoms with Crippen molar-refractivity contribution in [3.05, 3.63) is 29.3 Å². The fourth-order valence-electron chi connectivity index (χ4n) is 1.26. The molecule has 0 heterocycles. The van der Waals surface area contributed by atoms with E-state index < -0.39 is 6.10 Å². The lowest BCUT2D eigenvalue weighted by Crippen LogP contribution is -2.36. The molecule has 0 aliphatic rings. The third kappa shape index (κ3) is 4.08. The van der Waals surface area contributed by atoms with Gasteiger partial charge in [-0.05, 0) is 25.1 Å². The number of rotatable bonds is 3. The Hall–Kier alpha value is -1.26. The van der Waals surface area contributed by atoms with Gasteiger partial charge >= 0.3 is 6.03 Å². The van der Waals surface area contributed by atoms with E-state index in [1.54, 1.807) is 38.2 Å². The molecule has 1 aromatic carbocycles. The van der Waals surface area contributed by atoms with Crippen molar-refractivity contribution in [1.82, 2.24) is 4.90 Å². The molecular weight excluding hydrogens is 228 g/mol. The minimum Gasteiger partial charge on any atom is -0.392 e. The molecule has 5 heteroatoms. The molecule has 0 saturated heterocycles.